The maximum Gasteiger partial charge on any atom is 0.338 e. The highest BCUT2D eigenvalue weighted by molar-refractivity contribution is 6.08. The van der Waals surface area contributed by atoms with Crippen LogP contribution in [-0.4, -0.2) is 35.2 Å². The quantitative estimate of drug-likeness (QED) is 0.662. The average molecular weight is 280 g/mol. The van der Waals surface area contributed by atoms with Gasteiger partial charge in [-0.05, 0) is 25.5 Å². The molecule has 0 bridgehead atoms. The number of nitrogen functional groups attached to an aromatic ring is 1. The summed E-state index contributed by atoms with van der Waals surface area (Å²) in [6.45, 7) is 5.12. The SMILES string of the molecule is CCCCN(CC)c1c(N)ccc(C(=O)O)c1C(=O)O. The molecule has 6 heteroatoms. The number of anilines is 2. The number of carboxylic acid groups (broad SMARTS) is 2. The highest BCUT2D eigenvalue weighted by Gasteiger charge is 2.25. The number of rotatable bonds is 7. The third-order valence-electron chi connectivity index (χ3n) is 3.13. The lowest BCUT2D eigenvalue weighted by Crippen LogP contribution is -2.28. The molecule has 0 fully saturated rings. The van der Waals surface area contributed by atoms with Crippen LogP contribution in [0.5, 0.6) is 0 Å². The first-order chi connectivity index (χ1) is 9.43. The van der Waals surface area contributed by atoms with Crippen LogP contribution in [-0.2, 0) is 0 Å². The van der Waals surface area contributed by atoms with Crippen LogP contribution in [0, 0.1) is 0 Å². The van der Waals surface area contributed by atoms with Crippen molar-refractivity contribution in [3.63, 3.8) is 0 Å². The van der Waals surface area contributed by atoms with E-state index in [1.165, 1.54) is 12.1 Å². The van der Waals surface area contributed by atoms with E-state index in [1.807, 2.05) is 18.7 Å². The number of carboxylic acids is 2. The molecule has 0 radical (unpaired) electrons. The molecule has 0 aliphatic rings. The van der Waals surface area contributed by atoms with E-state index in [9.17, 15) is 14.7 Å². The predicted molar refractivity (Wildman–Crippen MR) is 77.6 cm³/mol. The topological polar surface area (TPSA) is 104 Å². The second kappa shape index (κ2) is 6.79. The molecular weight excluding hydrogens is 260 g/mol. The third-order valence-corrected chi connectivity index (χ3v) is 3.13. The summed E-state index contributed by atoms with van der Waals surface area (Å²) in [4.78, 5) is 24.5. The number of hydrogen-bond acceptors (Lipinski definition) is 4. The van der Waals surface area contributed by atoms with Gasteiger partial charge in [0.15, 0.2) is 0 Å². The van der Waals surface area contributed by atoms with Gasteiger partial charge < -0.3 is 20.8 Å². The molecule has 1 aromatic rings. The summed E-state index contributed by atoms with van der Waals surface area (Å²) in [6, 6.07) is 2.68. The number of carbonyl (C=O) groups is 2. The monoisotopic (exact) mass is 280 g/mol. The molecule has 0 saturated heterocycles. The van der Waals surface area contributed by atoms with Crippen LogP contribution in [0.25, 0.3) is 0 Å². The first-order valence-corrected chi connectivity index (χ1v) is 6.58. The fraction of sp³-hybridized carbons (Fsp3) is 0.429. The van der Waals surface area contributed by atoms with Gasteiger partial charge in [-0.3, -0.25) is 0 Å². The first kappa shape index (κ1) is 15.8. The predicted octanol–water partition coefficient (Wildman–Crippen LogP) is 2.29. The van der Waals surface area contributed by atoms with Gasteiger partial charge in [0.2, 0.25) is 0 Å². The zero-order chi connectivity index (χ0) is 15.3. The summed E-state index contributed by atoms with van der Waals surface area (Å²) in [5.74, 6) is -2.55. The Morgan fingerprint density at radius 1 is 1.20 bits per heavy atom. The zero-order valence-electron chi connectivity index (χ0n) is 11.7. The van der Waals surface area contributed by atoms with E-state index in [-0.39, 0.29) is 16.8 Å². The lowest BCUT2D eigenvalue weighted by molar-refractivity contribution is 0.0652. The average Bonchev–Trinajstić information content (AvgIpc) is 2.40. The van der Waals surface area contributed by atoms with Crippen molar-refractivity contribution in [3.05, 3.63) is 23.3 Å². The Labute approximate surface area is 117 Å². The molecule has 0 spiro atoms. The van der Waals surface area contributed by atoms with Gasteiger partial charge in [-0.1, -0.05) is 13.3 Å². The van der Waals surface area contributed by atoms with Crippen LogP contribution in [0.1, 0.15) is 47.4 Å². The van der Waals surface area contributed by atoms with Gasteiger partial charge in [0, 0.05) is 13.1 Å². The van der Waals surface area contributed by atoms with Crippen LogP contribution in [0.2, 0.25) is 0 Å². The molecule has 1 aromatic carbocycles. The number of nitrogens with zero attached hydrogens (tertiary/aromatic N) is 1. The smallest absolute Gasteiger partial charge is 0.338 e. The van der Waals surface area contributed by atoms with E-state index in [0.29, 0.717) is 18.8 Å². The minimum atomic E-state index is -1.28. The molecule has 0 unspecified atom stereocenters. The van der Waals surface area contributed by atoms with Gasteiger partial charge in [-0.2, -0.15) is 0 Å². The van der Waals surface area contributed by atoms with Crippen LogP contribution in [0.4, 0.5) is 11.4 Å². The number of hydrogen-bond donors (Lipinski definition) is 3. The standard InChI is InChI=1S/C14H20N2O4/c1-3-5-8-16(4-2)12-10(15)7-6-9(13(17)18)11(12)14(19)20/h6-7H,3-5,8,15H2,1-2H3,(H,17,18)(H,19,20). The highest BCUT2D eigenvalue weighted by atomic mass is 16.4. The van der Waals surface area contributed by atoms with E-state index >= 15 is 0 Å². The van der Waals surface area contributed by atoms with Crippen LogP contribution >= 0.6 is 0 Å². The van der Waals surface area contributed by atoms with Gasteiger partial charge in [0.1, 0.15) is 0 Å². The molecule has 0 heterocycles. The third kappa shape index (κ3) is 3.20. The minimum Gasteiger partial charge on any atom is -0.478 e. The fourth-order valence-electron chi connectivity index (χ4n) is 2.12. The van der Waals surface area contributed by atoms with Crippen molar-refractivity contribution >= 4 is 23.3 Å². The van der Waals surface area contributed by atoms with Crippen molar-refractivity contribution in [3.8, 4) is 0 Å². The fourth-order valence-corrected chi connectivity index (χ4v) is 2.12. The van der Waals surface area contributed by atoms with E-state index < -0.39 is 11.9 Å². The molecule has 0 amide bonds. The van der Waals surface area contributed by atoms with Crippen molar-refractivity contribution in [1.82, 2.24) is 0 Å². The molecule has 1 rings (SSSR count). The first-order valence-electron chi connectivity index (χ1n) is 6.58. The van der Waals surface area contributed by atoms with Crippen LogP contribution in [0.15, 0.2) is 12.1 Å². The second-order valence-corrected chi connectivity index (χ2v) is 4.47. The summed E-state index contributed by atoms with van der Waals surface area (Å²) in [7, 11) is 0. The molecule has 0 aliphatic heterocycles. The maximum absolute atomic E-state index is 11.4. The lowest BCUT2D eigenvalue weighted by atomic mass is 10.0. The molecule has 0 aliphatic carbocycles. The van der Waals surface area contributed by atoms with Gasteiger partial charge >= 0.3 is 11.9 Å². The zero-order valence-corrected chi connectivity index (χ0v) is 11.7. The summed E-state index contributed by atoms with van der Waals surface area (Å²) >= 11 is 0. The van der Waals surface area contributed by atoms with E-state index in [1.54, 1.807) is 0 Å². The van der Waals surface area contributed by atoms with Crippen LogP contribution in [0.3, 0.4) is 0 Å². The summed E-state index contributed by atoms with van der Waals surface area (Å²) in [5, 5.41) is 18.5. The summed E-state index contributed by atoms with van der Waals surface area (Å²) in [5.41, 5.74) is 5.98. The number of nitrogens with two attached hydrogens (primary N) is 1. The Balaban J connectivity index is 3.45. The van der Waals surface area contributed by atoms with Crippen molar-refractivity contribution in [2.75, 3.05) is 23.7 Å². The number of unbranched alkanes of at least 4 members (excludes halogenated alkanes) is 1. The molecule has 0 atom stereocenters. The Bertz CT molecular complexity index is 514. The minimum absolute atomic E-state index is 0.239. The van der Waals surface area contributed by atoms with Gasteiger partial charge in [-0.25, -0.2) is 9.59 Å². The largest absolute Gasteiger partial charge is 0.478 e. The van der Waals surface area contributed by atoms with Gasteiger partial charge in [-0.15, -0.1) is 0 Å². The van der Waals surface area contributed by atoms with Crippen molar-refractivity contribution in [1.29, 1.82) is 0 Å². The number of benzene rings is 1. The Hall–Kier alpha value is -2.24. The van der Waals surface area contributed by atoms with Crippen LogP contribution < -0.4 is 10.6 Å². The van der Waals surface area contributed by atoms with Crippen molar-refractivity contribution in [2.24, 2.45) is 0 Å². The molecule has 4 N–H and O–H groups in total. The van der Waals surface area contributed by atoms with Crippen molar-refractivity contribution in [2.45, 2.75) is 26.7 Å². The number of aromatic carboxylic acids is 2. The second-order valence-electron chi connectivity index (χ2n) is 4.47. The van der Waals surface area contributed by atoms with Gasteiger partial charge in [0.25, 0.3) is 0 Å². The maximum atomic E-state index is 11.4. The highest BCUT2D eigenvalue weighted by Crippen LogP contribution is 2.31. The summed E-state index contributed by atoms with van der Waals surface area (Å²) in [6.07, 6.45) is 1.83. The van der Waals surface area contributed by atoms with Crippen molar-refractivity contribution < 1.29 is 19.8 Å². The van der Waals surface area contributed by atoms with E-state index in [0.717, 1.165) is 12.8 Å². The van der Waals surface area contributed by atoms with Gasteiger partial charge in [0.05, 0.1) is 22.5 Å². The Morgan fingerprint density at radius 2 is 1.85 bits per heavy atom. The molecule has 0 aromatic heterocycles. The van der Waals surface area contributed by atoms with E-state index in [4.69, 9.17) is 10.8 Å². The molecular formula is C14H20N2O4. The van der Waals surface area contributed by atoms with E-state index in [2.05, 4.69) is 0 Å². The molecule has 20 heavy (non-hydrogen) atoms. The Kier molecular flexibility index (Phi) is 5.37. The molecule has 0 saturated carbocycles. The molecule has 110 valence electrons. The lowest BCUT2D eigenvalue weighted by Gasteiger charge is -2.26. The molecule has 6 nitrogen and oxygen atoms in total. The normalized spacial score (nSPS) is 10.3. The summed E-state index contributed by atoms with van der Waals surface area (Å²) < 4.78 is 0. The Morgan fingerprint density at radius 3 is 2.30 bits per heavy atom.